The molecule has 3 unspecified atom stereocenters. The van der Waals surface area contributed by atoms with E-state index in [1.54, 1.807) is 6.08 Å². The molecular weight excluding hydrogens is 948 g/mol. The normalized spacial score (nSPS) is 14.6. The van der Waals surface area contributed by atoms with Crippen LogP contribution in [0.25, 0.3) is 0 Å². The van der Waals surface area contributed by atoms with Crippen molar-refractivity contribution < 1.29 is 32.9 Å². The molecule has 0 spiro atoms. The molecule has 0 saturated heterocycles. The smallest absolute Gasteiger partial charge is 0.387 e. The SMILES string of the molecule is CC/C=C\C/C=C\C/C=C\C/C=C\C/C=C\C/C=C\C/C=C\CCCC(=O)NC(COP(=O)(O)OCC[N+](C)(C)C)C(O)/C=C/CC/C=C/CCCCCCCCCCCCCCCCCCCCCCCCCC. The Morgan fingerprint density at radius 2 is 0.813 bits per heavy atom. The molecule has 0 bridgehead atoms. The van der Waals surface area contributed by atoms with Gasteiger partial charge in [-0.3, -0.25) is 13.8 Å². The maximum Gasteiger partial charge on any atom is 0.472 e. The summed E-state index contributed by atoms with van der Waals surface area (Å²) >= 11 is 0. The Bertz CT molecular complexity index is 1590. The second-order valence-corrected chi connectivity index (χ2v) is 23.1. The van der Waals surface area contributed by atoms with E-state index in [-0.39, 0.29) is 25.5 Å². The molecule has 0 saturated carbocycles. The number of rotatable bonds is 55. The molecule has 0 rings (SSSR count). The highest BCUT2D eigenvalue weighted by Gasteiger charge is 2.27. The lowest BCUT2D eigenvalue weighted by molar-refractivity contribution is -0.870. The summed E-state index contributed by atoms with van der Waals surface area (Å²) in [6.45, 7) is 4.64. The van der Waals surface area contributed by atoms with Crippen LogP contribution in [0, 0.1) is 0 Å². The summed E-state index contributed by atoms with van der Waals surface area (Å²) in [7, 11) is 1.50. The first-order valence-corrected chi connectivity index (χ1v) is 32.3. The number of hydrogen-bond donors (Lipinski definition) is 3. The number of carbonyl (C=O) groups is 1. The minimum Gasteiger partial charge on any atom is -0.387 e. The number of phosphoric acid groups is 1. The van der Waals surface area contributed by atoms with E-state index < -0.39 is 20.0 Å². The molecule has 0 aromatic carbocycles. The maximum atomic E-state index is 13.0. The van der Waals surface area contributed by atoms with Crippen molar-refractivity contribution in [2.45, 2.75) is 264 Å². The average molecular weight is 1070 g/mol. The number of phosphoric ester groups is 1. The third-order valence-electron chi connectivity index (χ3n) is 13.2. The maximum absolute atomic E-state index is 13.0. The molecule has 0 aromatic rings. The number of allylic oxidation sites excluding steroid dienone is 17. The summed E-state index contributed by atoms with van der Waals surface area (Å²) < 4.78 is 23.7. The van der Waals surface area contributed by atoms with Gasteiger partial charge in [-0.15, -0.1) is 0 Å². The predicted octanol–water partition coefficient (Wildman–Crippen LogP) is 19.2. The monoisotopic (exact) mass is 1070 g/mol. The minimum absolute atomic E-state index is 0.0392. The van der Waals surface area contributed by atoms with E-state index in [9.17, 15) is 19.4 Å². The molecule has 0 fully saturated rings. The second-order valence-electron chi connectivity index (χ2n) is 21.7. The number of quaternary nitrogens is 1. The topological polar surface area (TPSA) is 105 Å². The second kappa shape index (κ2) is 55.9. The molecule has 0 aliphatic carbocycles. The fourth-order valence-corrected chi connectivity index (χ4v) is 9.20. The van der Waals surface area contributed by atoms with Crippen LogP contribution in [0.4, 0.5) is 0 Å². The van der Waals surface area contributed by atoms with Gasteiger partial charge in [-0.1, -0.05) is 271 Å². The van der Waals surface area contributed by atoms with Crippen LogP contribution in [0.15, 0.2) is 109 Å². The Labute approximate surface area is 463 Å². The molecular formula is C66H118N2O6P+. The molecule has 0 heterocycles. The van der Waals surface area contributed by atoms with Crippen LogP contribution < -0.4 is 5.32 Å². The number of unbranched alkanes of at least 4 members (excludes halogenated alkanes) is 26. The van der Waals surface area contributed by atoms with E-state index in [2.05, 4.69) is 116 Å². The highest BCUT2D eigenvalue weighted by molar-refractivity contribution is 7.47. The number of carbonyl (C=O) groups excluding carboxylic acids is 1. The van der Waals surface area contributed by atoms with Crippen molar-refractivity contribution >= 4 is 13.7 Å². The van der Waals surface area contributed by atoms with Gasteiger partial charge < -0.3 is 19.8 Å². The molecule has 432 valence electrons. The lowest BCUT2D eigenvalue weighted by atomic mass is 10.0. The summed E-state index contributed by atoms with van der Waals surface area (Å²) in [5.41, 5.74) is 0. The van der Waals surface area contributed by atoms with Crippen LogP contribution in [0.3, 0.4) is 0 Å². The van der Waals surface area contributed by atoms with Crippen molar-refractivity contribution in [1.29, 1.82) is 0 Å². The summed E-state index contributed by atoms with van der Waals surface area (Å²) in [6, 6.07) is -0.904. The Hall–Kier alpha value is -2.84. The Morgan fingerprint density at radius 3 is 1.23 bits per heavy atom. The molecule has 0 aliphatic heterocycles. The highest BCUT2D eigenvalue weighted by atomic mass is 31.2. The number of nitrogens with one attached hydrogen (secondary N) is 1. The van der Waals surface area contributed by atoms with Gasteiger partial charge in [0.05, 0.1) is 39.9 Å². The lowest BCUT2D eigenvalue weighted by Crippen LogP contribution is -2.45. The highest BCUT2D eigenvalue weighted by Crippen LogP contribution is 2.43. The van der Waals surface area contributed by atoms with Gasteiger partial charge in [-0.25, -0.2) is 4.57 Å². The number of likely N-dealkylation sites (N-methyl/N-ethyl adjacent to an activating group) is 1. The number of hydrogen-bond acceptors (Lipinski definition) is 5. The van der Waals surface area contributed by atoms with E-state index >= 15 is 0 Å². The fraction of sp³-hybridized carbons (Fsp3) is 0.712. The zero-order chi connectivity index (χ0) is 54.9. The Kier molecular flexibility index (Phi) is 53.8. The summed E-state index contributed by atoms with van der Waals surface area (Å²) in [6.07, 6.45) is 82.3. The molecule has 0 aliphatic rings. The standard InChI is InChI=1S/C66H117N2O6P/c1-6-8-10-12-14-16-18-20-22-24-26-28-30-31-32-33-34-35-36-38-39-41-43-45-47-49-51-53-55-57-59-65(69)64(63-74-75(71,72)73-62-61-68(3,4)5)67-66(70)60-58-56-54-52-50-48-46-44-42-40-37-29-27-25-23-21-19-17-15-13-11-9-7-2/h9,11,15,17,21,23,27,29,40,42,46,48-49,51-52,54,57,59,64-65,69H,6-8,10,12-14,16,18-20,22,24-26,28,30-39,41,43-45,47,50,53,55-56,58,60-63H2,1-5H3,(H-,67,70,71,72)/p+1/b11-9-,17-15-,23-21-,29-27-,42-40-,48-46-,51-49+,54-52-,59-57+. The van der Waals surface area contributed by atoms with Crippen molar-refractivity contribution in [3.05, 3.63) is 109 Å². The molecule has 0 aromatic heterocycles. The van der Waals surface area contributed by atoms with Crippen LogP contribution in [0.2, 0.25) is 0 Å². The van der Waals surface area contributed by atoms with E-state index in [4.69, 9.17) is 9.05 Å². The van der Waals surface area contributed by atoms with E-state index in [1.807, 2.05) is 27.2 Å². The first kappa shape index (κ1) is 72.2. The van der Waals surface area contributed by atoms with Gasteiger partial charge in [0.1, 0.15) is 13.2 Å². The first-order chi connectivity index (χ1) is 36.5. The van der Waals surface area contributed by atoms with Crippen LogP contribution in [0.5, 0.6) is 0 Å². The van der Waals surface area contributed by atoms with E-state index in [1.165, 1.54) is 154 Å². The summed E-state index contributed by atoms with van der Waals surface area (Å²) in [5, 5.41) is 13.9. The molecule has 1 amide bonds. The third-order valence-corrected chi connectivity index (χ3v) is 14.2. The number of amides is 1. The minimum atomic E-state index is -4.38. The van der Waals surface area contributed by atoms with Gasteiger partial charge in [-0.2, -0.15) is 0 Å². The van der Waals surface area contributed by atoms with Gasteiger partial charge >= 0.3 is 7.82 Å². The van der Waals surface area contributed by atoms with Gasteiger partial charge in [0.2, 0.25) is 5.91 Å². The molecule has 75 heavy (non-hydrogen) atoms. The van der Waals surface area contributed by atoms with Crippen molar-refractivity contribution in [1.82, 2.24) is 5.32 Å². The zero-order valence-corrected chi connectivity index (χ0v) is 50.1. The van der Waals surface area contributed by atoms with Crippen molar-refractivity contribution in [2.24, 2.45) is 0 Å². The lowest BCUT2D eigenvalue weighted by Gasteiger charge is -2.25. The Balaban J connectivity index is 4.30. The summed E-state index contributed by atoms with van der Waals surface area (Å²) in [5.74, 6) is -0.246. The van der Waals surface area contributed by atoms with Crippen molar-refractivity contribution in [3.8, 4) is 0 Å². The average Bonchev–Trinajstić information content (AvgIpc) is 3.37. The number of aliphatic hydroxyl groups is 1. The number of nitrogens with zero attached hydrogens (tertiary/aromatic N) is 1. The quantitative estimate of drug-likeness (QED) is 0.0243. The van der Waals surface area contributed by atoms with Gasteiger partial charge in [-0.05, 0) is 83.5 Å². The molecule has 8 nitrogen and oxygen atoms in total. The molecule has 9 heteroatoms. The number of aliphatic hydroxyl groups excluding tert-OH is 1. The molecule has 3 atom stereocenters. The van der Waals surface area contributed by atoms with Gasteiger partial charge in [0.25, 0.3) is 0 Å². The van der Waals surface area contributed by atoms with Crippen LogP contribution >= 0.6 is 7.82 Å². The van der Waals surface area contributed by atoms with E-state index in [0.29, 0.717) is 17.4 Å². The Morgan fingerprint density at radius 1 is 0.467 bits per heavy atom. The molecule has 3 N–H and O–H groups in total. The van der Waals surface area contributed by atoms with Crippen molar-refractivity contribution in [3.63, 3.8) is 0 Å². The fourth-order valence-electron chi connectivity index (χ4n) is 8.46. The zero-order valence-electron chi connectivity index (χ0n) is 49.3. The van der Waals surface area contributed by atoms with Crippen LogP contribution in [-0.2, 0) is 18.4 Å². The molecule has 0 radical (unpaired) electrons. The van der Waals surface area contributed by atoms with Crippen LogP contribution in [-0.4, -0.2) is 73.4 Å². The predicted molar refractivity (Wildman–Crippen MR) is 327 cm³/mol. The van der Waals surface area contributed by atoms with Gasteiger partial charge in [0, 0.05) is 6.42 Å². The first-order valence-electron chi connectivity index (χ1n) is 30.8. The van der Waals surface area contributed by atoms with Crippen molar-refractivity contribution in [2.75, 3.05) is 40.9 Å². The van der Waals surface area contributed by atoms with Crippen LogP contribution in [0.1, 0.15) is 251 Å². The third kappa shape index (κ3) is 58.7. The van der Waals surface area contributed by atoms with Gasteiger partial charge in [0.15, 0.2) is 0 Å². The largest absolute Gasteiger partial charge is 0.472 e. The van der Waals surface area contributed by atoms with E-state index in [0.717, 1.165) is 70.6 Å². The summed E-state index contributed by atoms with van der Waals surface area (Å²) in [4.78, 5) is 23.3.